The number of hydrogen-bond acceptors (Lipinski definition) is 1. The Morgan fingerprint density at radius 2 is 2.23 bits per heavy atom. The summed E-state index contributed by atoms with van der Waals surface area (Å²) >= 11 is 0. The fourth-order valence-corrected chi connectivity index (χ4v) is 1.53. The molecule has 0 aromatic rings. The number of amides is 2. The molecule has 1 rings (SSSR count). The third-order valence-electron chi connectivity index (χ3n) is 2.28. The lowest BCUT2D eigenvalue weighted by Crippen LogP contribution is -2.42. The van der Waals surface area contributed by atoms with Crippen molar-refractivity contribution in [3.63, 3.8) is 0 Å². The minimum atomic E-state index is 0.0758. The highest BCUT2D eigenvalue weighted by Crippen LogP contribution is 2.07. The number of rotatable bonds is 3. The van der Waals surface area contributed by atoms with Crippen LogP contribution in [-0.2, 0) is 0 Å². The standard InChI is InChI=1S/C10H18N2O/c1-3-6-9(2)11-10(13)12-7-4-5-8-12/h3,9H,1,4-8H2,2H3,(H,11,13). The van der Waals surface area contributed by atoms with Crippen molar-refractivity contribution in [2.45, 2.75) is 32.2 Å². The van der Waals surface area contributed by atoms with E-state index >= 15 is 0 Å². The van der Waals surface area contributed by atoms with Crippen molar-refractivity contribution in [3.8, 4) is 0 Å². The van der Waals surface area contributed by atoms with Gasteiger partial charge in [-0.15, -0.1) is 6.58 Å². The van der Waals surface area contributed by atoms with Gasteiger partial charge in [-0.1, -0.05) is 6.08 Å². The van der Waals surface area contributed by atoms with Crippen molar-refractivity contribution < 1.29 is 4.79 Å². The average molecular weight is 182 g/mol. The lowest BCUT2D eigenvalue weighted by Gasteiger charge is -2.19. The molecule has 0 aliphatic carbocycles. The fourth-order valence-electron chi connectivity index (χ4n) is 1.53. The SMILES string of the molecule is C=CCC(C)NC(=O)N1CCCC1. The molecule has 1 aliphatic heterocycles. The highest BCUT2D eigenvalue weighted by atomic mass is 16.2. The molecule has 0 saturated carbocycles. The lowest BCUT2D eigenvalue weighted by molar-refractivity contribution is 0.205. The summed E-state index contributed by atoms with van der Waals surface area (Å²) in [5.41, 5.74) is 0. The molecule has 1 heterocycles. The summed E-state index contributed by atoms with van der Waals surface area (Å²) in [5.74, 6) is 0. The normalized spacial score (nSPS) is 18.4. The van der Waals surface area contributed by atoms with Crippen molar-refractivity contribution in [2.75, 3.05) is 13.1 Å². The molecule has 1 saturated heterocycles. The fraction of sp³-hybridized carbons (Fsp3) is 0.700. The van der Waals surface area contributed by atoms with E-state index in [0.717, 1.165) is 32.4 Å². The van der Waals surface area contributed by atoms with Gasteiger partial charge >= 0.3 is 6.03 Å². The molecular formula is C10H18N2O. The van der Waals surface area contributed by atoms with E-state index in [-0.39, 0.29) is 12.1 Å². The van der Waals surface area contributed by atoms with Gasteiger partial charge in [-0.05, 0) is 26.2 Å². The topological polar surface area (TPSA) is 32.3 Å². The summed E-state index contributed by atoms with van der Waals surface area (Å²) in [4.78, 5) is 13.4. The molecule has 0 aromatic carbocycles. The van der Waals surface area contributed by atoms with Gasteiger partial charge in [0, 0.05) is 19.1 Å². The third-order valence-corrected chi connectivity index (χ3v) is 2.28. The van der Waals surface area contributed by atoms with E-state index in [0.29, 0.717) is 0 Å². The molecule has 1 atom stereocenters. The largest absolute Gasteiger partial charge is 0.335 e. The Kier molecular flexibility index (Phi) is 3.80. The van der Waals surface area contributed by atoms with Crippen LogP contribution >= 0.6 is 0 Å². The summed E-state index contributed by atoms with van der Waals surface area (Å²) in [6.45, 7) is 7.45. The van der Waals surface area contributed by atoms with Crippen LogP contribution in [0, 0.1) is 0 Å². The maximum Gasteiger partial charge on any atom is 0.317 e. The number of likely N-dealkylation sites (tertiary alicyclic amines) is 1. The zero-order valence-electron chi connectivity index (χ0n) is 8.25. The maximum atomic E-state index is 11.5. The molecular weight excluding hydrogens is 164 g/mol. The summed E-state index contributed by atoms with van der Waals surface area (Å²) in [6, 6.07) is 0.275. The van der Waals surface area contributed by atoms with Gasteiger partial charge in [-0.3, -0.25) is 0 Å². The van der Waals surface area contributed by atoms with Crippen LogP contribution in [0.25, 0.3) is 0 Å². The molecule has 3 nitrogen and oxygen atoms in total. The van der Waals surface area contributed by atoms with Gasteiger partial charge in [-0.2, -0.15) is 0 Å². The second-order valence-electron chi connectivity index (χ2n) is 3.57. The van der Waals surface area contributed by atoms with Gasteiger partial charge in [0.05, 0.1) is 0 Å². The van der Waals surface area contributed by atoms with E-state index < -0.39 is 0 Å². The van der Waals surface area contributed by atoms with Crippen LogP contribution in [0.5, 0.6) is 0 Å². The van der Waals surface area contributed by atoms with Crippen molar-refractivity contribution in [3.05, 3.63) is 12.7 Å². The second-order valence-corrected chi connectivity index (χ2v) is 3.57. The number of hydrogen-bond donors (Lipinski definition) is 1. The van der Waals surface area contributed by atoms with E-state index in [2.05, 4.69) is 11.9 Å². The molecule has 1 aliphatic rings. The molecule has 1 N–H and O–H groups in total. The van der Waals surface area contributed by atoms with Gasteiger partial charge < -0.3 is 10.2 Å². The van der Waals surface area contributed by atoms with Gasteiger partial charge in [0.2, 0.25) is 0 Å². The van der Waals surface area contributed by atoms with Crippen molar-refractivity contribution in [1.29, 1.82) is 0 Å². The third kappa shape index (κ3) is 3.09. The molecule has 3 heteroatoms. The van der Waals surface area contributed by atoms with E-state index in [9.17, 15) is 4.79 Å². The van der Waals surface area contributed by atoms with E-state index in [1.165, 1.54) is 0 Å². The van der Waals surface area contributed by atoms with Crippen LogP contribution in [0.2, 0.25) is 0 Å². The van der Waals surface area contributed by atoms with Gasteiger partial charge in [-0.25, -0.2) is 4.79 Å². The smallest absolute Gasteiger partial charge is 0.317 e. The molecule has 0 aromatic heterocycles. The summed E-state index contributed by atoms with van der Waals surface area (Å²) in [7, 11) is 0. The quantitative estimate of drug-likeness (QED) is 0.663. The Bertz CT molecular complexity index is 185. The average Bonchev–Trinajstić information content (AvgIpc) is 2.55. The van der Waals surface area contributed by atoms with E-state index in [1.807, 2.05) is 17.9 Å². The van der Waals surface area contributed by atoms with Crippen molar-refractivity contribution in [2.24, 2.45) is 0 Å². The number of carbonyl (C=O) groups excluding carboxylic acids is 1. The van der Waals surface area contributed by atoms with Crippen LogP contribution in [0.4, 0.5) is 4.79 Å². The van der Waals surface area contributed by atoms with Crippen LogP contribution < -0.4 is 5.32 Å². The first kappa shape index (κ1) is 10.1. The van der Waals surface area contributed by atoms with Crippen molar-refractivity contribution >= 4 is 6.03 Å². The van der Waals surface area contributed by atoms with Gasteiger partial charge in [0.25, 0.3) is 0 Å². The number of carbonyl (C=O) groups is 1. The first-order valence-corrected chi connectivity index (χ1v) is 4.90. The highest BCUT2D eigenvalue weighted by molar-refractivity contribution is 5.74. The number of nitrogens with zero attached hydrogens (tertiary/aromatic N) is 1. The van der Waals surface area contributed by atoms with Gasteiger partial charge in [0.15, 0.2) is 0 Å². The molecule has 0 spiro atoms. The Balaban J connectivity index is 2.26. The molecule has 0 bridgehead atoms. The van der Waals surface area contributed by atoms with Crippen molar-refractivity contribution in [1.82, 2.24) is 10.2 Å². The Morgan fingerprint density at radius 1 is 1.62 bits per heavy atom. The lowest BCUT2D eigenvalue weighted by atomic mass is 10.2. The predicted molar refractivity (Wildman–Crippen MR) is 53.6 cm³/mol. The van der Waals surface area contributed by atoms with Gasteiger partial charge in [0.1, 0.15) is 0 Å². The number of urea groups is 1. The Hall–Kier alpha value is -0.990. The molecule has 74 valence electrons. The summed E-state index contributed by atoms with van der Waals surface area (Å²) in [6.07, 6.45) is 4.95. The predicted octanol–water partition coefficient (Wildman–Crippen LogP) is 1.76. The molecule has 1 unspecified atom stereocenters. The minimum absolute atomic E-state index is 0.0758. The highest BCUT2D eigenvalue weighted by Gasteiger charge is 2.18. The summed E-state index contributed by atoms with van der Waals surface area (Å²) in [5, 5.41) is 2.94. The monoisotopic (exact) mass is 182 g/mol. The van der Waals surface area contributed by atoms with E-state index in [1.54, 1.807) is 0 Å². The maximum absolute atomic E-state index is 11.5. The second kappa shape index (κ2) is 4.90. The van der Waals surface area contributed by atoms with E-state index in [4.69, 9.17) is 0 Å². The molecule has 13 heavy (non-hydrogen) atoms. The van der Waals surface area contributed by atoms with Crippen LogP contribution in [0.15, 0.2) is 12.7 Å². The molecule has 2 amide bonds. The summed E-state index contributed by atoms with van der Waals surface area (Å²) < 4.78 is 0. The zero-order chi connectivity index (χ0) is 9.68. The first-order chi connectivity index (χ1) is 6.24. The zero-order valence-corrected chi connectivity index (χ0v) is 8.25. The Morgan fingerprint density at radius 3 is 2.77 bits per heavy atom. The number of nitrogens with one attached hydrogen (secondary N) is 1. The van der Waals surface area contributed by atoms with Crippen LogP contribution in [-0.4, -0.2) is 30.1 Å². The first-order valence-electron chi connectivity index (χ1n) is 4.90. The van der Waals surface area contributed by atoms with Crippen LogP contribution in [0.1, 0.15) is 26.2 Å². The minimum Gasteiger partial charge on any atom is -0.335 e. The molecule has 0 radical (unpaired) electrons. The molecule has 1 fully saturated rings. The Labute approximate surface area is 79.8 Å². The van der Waals surface area contributed by atoms with Crippen LogP contribution in [0.3, 0.4) is 0 Å².